The zero-order valence-corrected chi connectivity index (χ0v) is 18.0. The molecule has 1 saturated heterocycles. The number of likely N-dealkylation sites (tertiary alicyclic amines) is 1. The van der Waals surface area contributed by atoms with Crippen LogP contribution in [-0.2, 0) is 22.5 Å². The van der Waals surface area contributed by atoms with E-state index in [0.717, 1.165) is 24.8 Å². The summed E-state index contributed by atoms with van der Waals surface area (Å²) in [6.45, 7) is 5.72. The molecule has 0 aliphatic carbocycles. The summed E-state index contributed by atoms with van der Waals surface area (Å²) in [6.07, 6.45) is 2.15. The lowest BCUT2D eigenvalue weighted by Crippen LogP contribution is -2.44. The Balaban J connectivity index is 1.31. The van der Waals surface area contributed by atoms with Crippen molar-refractivity contribution in [1.29, 1.82) is 0 Å². The highest BCUT2D eigenvalue weighted by molar-refractivity contribution is 5.95. The van der Waals surface area contributed by atoms with Gasteiger partial charge in [-0.1, -0.05) is 35.5 Å². The number of carbonyl (C=O) groups is 2. The summed E-state index contributed by atoms with van der Waals surface area (Å²) >= 11 is 0. The minimum absolute atomic E-state index is 0.135. The van der Waals surface area contributed by atoms with E-state index in [9.17, 15) is 9.59 Å². The van der Waals surface area contributed by atoms with Crippen molar-refractivity contribution in [3.8, 4) is 0 Å². The molecule has 0 saturated carbocycles. The van der Waals surface area contributed by atoms with Crippen molar-refractivity contribution in [2.75, 3.05) is 13.1 Å². The molecule has 162 valence electrons. The smallest absolute Gasteiger partial charge is 0.338 e. The second kappa shape index (κ2) is 9.29. The van der Waals surface area contributed by atoms with Gasteiger partial charge in [0.15, 0.2) is 6.10 Å². The van der Waals surface area contributed by atoms with Gasteiger partial charge in [-0.05, 0) is 62.8 Å². The minimum atomic E-state index is -0.819. The molecule has 0 radical (unpaired) electrons. The predicted molar refractivity (Wildman–Crippen MR) is 118 cm³/mol. The Kier molecular flexibility index (Phi) is 6.30. The molecule has 1 atom stereocenters. The first-order chi connectivity index (χ1) is 15.0. The number of carbonyl (C=O) groups excluding carboxylic acids is 2. The van der Waals surface area contributed by atoms with Crippen molar-refractivity contribution in [2.24, 2.45) is 5.92 Å². The molecule has 3 aromatic rings. The van der Waals surface area contributed by atoms with Gasteiger partial charge in [0.1, 0.15) is 5.52 Å². The molecular formula is C24H28N4O3. The molecule has 1 fully saturated rings. The first-order valence-corrected chi connectivity index (χ1v) is 10.9. The summed E-state index contributed by atoms with van der Waals surface area (Å²) < 4.78 is 7.23. The maximum Gasteiger partial charge on any atom is 0.338 e. The van der Waals surface area contributed by atoms with E-state index in [2.05, 4.69) is 34.6 Å². The highest BCUT2D eigenvalue weighted by atomic mass is 16.5. The normalized spacial score (nSPS) is 15.7. The van der Waals surface area contributed by atoms with Crippen molar-refractivity contribution in [3.63, 3.8) is 0 Å². The summed E-state index contributed by atoms with van der Waals surface area (Å²) in [5.41, 5.74) is 3.21. The zero-order valence-electron chi connectivity index (χ0n) is 18.0. The quantitative estimate of drug-likeness (QED) is 0.571. The Labute approximate surface area is 182 Å². The van der Waals surface area contributed by atoms with Crippen molar-refractivity contribution < 1.29 is 14.3 Å². The summed E-state index contributed by atoms with van der Waals surface area (Å²) in [4.78, 5) is 27.2. The molecule has 4 rings (SSSR count). The highest BCUT2D eigenvalue weighted by Crippen LogP contribution is 2.23. The van der Waals surface area contributed by atoms with Crippen LogP contribution in [0.1, 0.15) is 42.6 Å². The number of aromatic nitrogens is 3. The van der Waals surface area contributed by atoms with Gasteiger partial charge < -0.3 is 9.64 Å². The number of ether oxygens (including phenoxy) is 1. The third kappa shape index (κ3) is 4.76. The Hall–Kier alpha value is -3.22. The van der Waals surface area contributed by atoms with Crippen LogP contribution in [-0.4, -0.2) is 51.0 Å². The van der Waals surface area contributed by atoms with E-state index in [4.69, 9.17) is 4.74 Å². The SMILES string of the molecule is CCn1nnc2cc(C(=O)O[C@H](C)C(=O)N3CCC(Cc4ccccc4)CC3)ccc21. The molecule has 1 aliphatic heterocycles. The standard InChI is InChI=1S/C24H28N4O3/c1-3-28-22-10-9-20(16-21(22)25-26-28)24(30)31-17(2)23(29)27-13-11-19(12-14-27)15-18-7-5-4-6-8-18/h4-10,16-17,19H,3,11-15H2,1-2H3/t17-/m1/s1. The molecule has 7 heteroatoms. The van der Waals surface area contributed by atoms with Crippen molar-refractivity contribution in [2.45, 2.75) is 45.8 Å². The highest BCUT2D eigenvalue weighted by Gasteiger charge is 2.28. The molecule has 7 nitrogen and oxygen atoms in total. The van der Waals surface area contributed by atoms with Crippen molar-refractivity contribution in [1.82, 2.24) is 19.9 Å². The fraction of sp³-hybridized carbons (Fsp3) is 0.417. The number of hydrogen-bond acceptors (Lipinski definition) is 5. The molecule has 0 unspecified atom stereocenters. The van der Waals surface area contributed by atoms with Crippen LogP contribution in [0.15, 0.2) is 48.5 Å². The van der Waals surface area contributed by atoms with Gasteiger partial charge in [0.25, 0.3) is 5.91 Å². The Bertz CT molecular complexity index is 1060. The van der Waals surface area contributed by atoms with E-state index in [1.807, 2.05) is 17.9 Å². The Morgan fingerprint density at radius 2 is 1.87 bits per heavy atom. The fourth-order valence-corrected chi connectivity index (χ4v) is 4.17. The van der Waals surface area contributed by atoms with E-state index < -0.39 is 12.1 Å². The van der Waals surface area contributed by atoms with Crippen LogP contribution in [0.4, 0.5) is 0 Å². The predicted octanol–water partition coefficient (Wildman–Crippen LogP) is 3.48. The van der Waals surface area contributed by atoms with Crippen molar-refractivity contribution in [3.05, 3.63) is 59.7 Å². The second-order valence-electron chi connectivity index (χ2n) is 8.11. The van der Waals surface area contributed by atoms with Gasteiger partial charge in [-0.15, -0.1) is 5.10 Å². The van der Waals surface area contributed by atoms with E-state index in [-0.39, 0.29) is 5.91 Å². The molecular weight excluding hydrogens is 392 g/mol. The topological polar surface area (TPSA) is 77.3 Å². The van der Waals surface area contributed by atoms with Gasteiger partial charge in [0.2, 0.25) is 0 Å². The average Bonchev–Trinajstić information content (AvgIpc) is 3.22. The first kappa shape index (κ1) is 21.0. The van der Waals surface area contributed by atoms with E-state index in [1.165, 1.54) is 5.56 Å². The van der Waals surface area contributed by atoms with Crippen LogP contribution >= 0.6 is 0 Å². The summed E-state index contributed by atoms with van der Waals surface area (Å²) in [6, 6.07) is 15.6. The minimum Gasteiger partial charge on any atom is -0.449 e. The van der Waals surface area contributed by atoms with Gasteiger partial charge >= 0.3 is 5.97 Å². The second-order valence-corrected chi connectivity index (χ2v) is 8.11. The number of hydrogen-bond donors (Lipinski definition) is 0. The lowest BCUT2D eigenvalue weighted by Gasteiger charge is -2.33. The third-order valence-electron chi connectivity index (χ3n) is 5.97. The molecule has 2 heterocycles. The van der Waals surface area contributed by atoms with Gasteiger partial charge in [-0.25, -0.2) is 9.48 Å². The van der Waals surface area contributed by atoms with E-state index in [1.54, 1.807) is 29.8 Å². The molecule has 0 spiro atoms. The lowest BCUT2D eigenvalue weighted by molar-refractivity contribution is -0.141. The van der Waals surface area contributed by atoms with Crippen LogP contribution < -0.4 is 0 Å². The molecule has 1 amide bonds. The van der Waals surface area contributed by atoms with E-state index >= 15 is 0 Å². The van der Waals surface area contributed by atoms with Gasteiger partial charge in [-0.2, -0.15) is 0 Å². The Morgan fingerprint density at radius 3 is 2.58 bits per heavy atom. The summed E-state index contributed by atoms with van der Waals surface area (Å²) in [5.74, 6) is -0.0788. The third-order valence-corrected chi connectivity index (χ3v) is 5.97. The van der Waals surface area contributed by atoms with E-state index in [0.29, 0.717) is 36.6 Å². The van der Waals surface area contributed by atoms with Gasteiger partial charge in [0, 0.05) is 19.6 Å². The van der Waals surface area contributed by atoms with Crippen LogP contribution in [0.3, 0.4) is 0 Å². The number of nitrogens with zero attached hydrogens (tertiary/aromatic N) is 4. The molecule has 2 aromatic carbocycles. The molecule has 1 aromatic heterocycles. The zero-order chi connectivity index (χ0) is 21.8. The number of piperidine rings is 1. The monoisotopic (exact) mass is 420 g/mol. The first-order valence-electron chi connectivity index (χ1n) is 10.9. The fourth-order valence-electron chi connectivity index (χ4n) is 4.17. The summed E-state index contributed by atoms with van der Waals surface area (Å²) in [7, 11) is 0. The molecule has 0 N–H and O–H groups in total. The van der Waals surface area contributed by atoms with Crippen LogP contribution in [0.5, 0.6) is 0 Å². The maximum absolute atomic E-state index is 12.8. The van der Waals surface area contributed by atoms with Crippen LogP contribution in [0.2, 0.25) is 0 Å². The van der Waals surface area contributed by atoms with Crippen molar-refractivity contribution >= 4 is 22.9 Å². The van der Waals surface area contributed by atoms with Crippen LogP contribution in [0.25, 0.3) is 11.0 Å². The number of amides is 1. The number of esters is 1. The number of rotatable bonds is 6. The lowest BCUT2D eigenvalue weighted by atomic mass is 9.90. The molecule has 0 bridgehead atoms. The number of fused-ring (bicyclic) bond motifs is 1. The largest absolute Gasteiger partial charge is 0.449 e. The van der Waals surface area contributed by atoms with Crippen LogP contribution in [0, 0.1) is 5.92 Å². The summed E-state index contributed by atoms with van der Waals surface area (Å²) in [5, 5.41) is 8.14. The average molecular weight is 421 g/mol. The van der Waals surface area contributed by atoms with Gasteiger partial charge in [-0.3, -0.25) is 4.79 Å². The maximum atomic E-state index is 12.8. The van der Waals surface area contributed by atoms with Gasteiger partial charge in [0.05, 0.1) is 11.1 Å². The molecule has 1 aliphatic rings. The number of benzene rings is 2. The Morgan fingerprint density at radius 1 is 1.13 bits per heavy atom. The molecule has 31 heavy (non-hydrogen) atoms. The number of aryl methyl sites for hydroxylation is 1.